The monoisotopic (exact) mass is 441 g/mol. The Morgan fingerprint density at radius 1 is 1.16 bits per heavy atom. The Balaban J connectivity index is 1.39. The number of ether oxygens (including phenoxy) is 1. The van der Waals surface area contributed by atoms with Gasteiger partial charge in [-0.2, -0.15) is 0 Å². The van der Waals surface area contributed by atoms with Crippen molar-refractivity contribution >= 4 is 28.5 Å². The fraction of sp³-hybridized carbons (Fsp3) is 0.304. The number of fused-ring (bicyclic) bond motifs is 1. The number of carbonyl (C=O) groups excluding carboxylic acids is 2. The minimum absolute atomic E-state index is 0.0249. The van der Waals surface area contributed by atoms with Crippen LogP contribution in [0.5, 0.6) is 5.75 Å². The van der Waals surface area contributed by atoms with Gasteiger partial charge in [0.2, 0.25) is 5.91 Å². The molecule has 2 amide bonds. The number of aliphatic hydroxyl groups excluding tert-OH is 1. The maximum Gasteiger partial charge on any atom is 0.287 e. The Morgan fingerprint density at radius 3 is 2.53 bits per heavy atom. The van der Waals surface area contributed by atoms with E-state index in [2.05, 4.69) is 10.2 Å². The fourth-order valence-corrected chi connectivity index (χ4v) is 3.78. The predicted molar refractivity (Wildman–Crippen MR) is 116 cm³/mol. The van der Waals surface area contributed by atoms with Gasteiger partial charge in [0.25, 0.3) is 5.91 Å². The summed E-state index contributed by atoms with van der Waals surface area (Å²) in [5.41, 5.74) is 1.31. The van der Waals surface area contributed by atoms with Crippen LogP contribution in [0.3, 0.4) is 0 Å². The molecule has 1 saturated heterocycles. The van der Waals surface area contributed by atoms with E-state index in [9.17, 15) is 19.1 Å². The lowest BCUT2D eigenvalue weighted by Gasteiger charge is -2.37. The van der Waals surface area contributed by atoms with Crippen molar-refractivity contribution in [2.45, 2.75) is 6.04 Å². The minimum Gasteiger partial charge on any atom is -0.493 e. The lowest BCUT2D eigenvalue weighted by Crippen LogP contribution is -2.56. The first-order valence-electron chi connectivity index (χ1n) is 10.3. The van der Waals surface area contributed by atoms with Gasteiger partial charge in [0.15, 0.2) is 17.1 Å². The Bertz CT molecular complexity index is 1110. The third-order valence-electron chi connectivity index (χ3n) is 5.52. The van der Waals surface area contributed by atoms with Crippen molar-refractivity contribution < 1.29 is 28.2 Å². The molecule has 8 nitrogen and oxygen atoms in total. The van der Waals surface area contributed by atoms with Crippen LogP contribution in [0.1, 0.15) is 10.6 Å². The molecule has 2 aromatic carbocycles. The third-order valence-corrected chi connectivity index (χ3v) is 5.52. The molecule has 0 unspecified atom stereocenters. The van der Waals surface area contributed by atoms with Crippen molar-refractivity contribution in [3.8, 4) is 5.75 Å². The summed E-state index contributed by atoms with van der Waals surface area (Å²) in [6.07, 6.45) is 0. The number of amides is 2. The molecule has 0 radical (unpaired) electrons. The summed E-state index contributed by atoms with van der Waals surface area (Å²) in [6.45, 7) is 1.43. The molecule has 2 heterocycles. The number of carbonyl (C=O) groups is 2. The normalized spacial score (nSPS) is 15.0. The Kier molecular flexibility index (Phi) is 6.27. The highest BCUT2D eigenvalue weighted by molar-refractivity contribution is 5.99. The van der Waals surface area contributed by atoms with Gasteiger partial charge in [0, 0.05) is 37.3 Å². The standard InChI is InChI=1S/C23H24FN3O5/c1-31-19-4-2-3-15-13-20(32-21(15)19)22(29)25-18(14-28)23(30)27-11-9-26(10-12-27)17-7-5-16(24)6-8-17/h2-8,13,18,28H,9-12,14H2,1H3,(H,25,29)/t18-/m0/s1. The molecular weight excluding hydrogens is 417 g/mol. The number of nitrogens with one attached hydrogen (secondary N) is 1. The first-order valence-corrected chi connectivity index (χ1v) is 10.3. The first-order chi connectivity index (χ1) is 15.5. The third kappa shape index (κ3) is 4.38. The van der Waals surface area contributed by atoms with E-state index < -0.39 is 18.6 Å². The number of furan rings is 1. The molecule has 0 aliphatic carbocycles. The average Bonchev–Trinajstić information content (AvgIpc) is 3.27. The predicted octanol–water partition coefficient (Wildman–Crippen LogP) is 2.02. The van der Waals surface area contributed by atoms with Crippen LogP contribution in [0.4, 0.5) is 10.1 Å². The zero-order valence-electron chi connectivity index (χ0n) is 17.6. The molecule has 1 aliphatic rings. The summed E-state index contributed by atoms with van der Waals surface area (Å²) in [5, 5.41) is 13.0. The second-order valence-corrected chi connectivity index (χ2v) is 7.49. The van der Waals surface area contributed by atoms with Crippen molar-refractivity contribution in [1.29, 1.82) is 0 Å². The van der Waals surface area contributed by atoms with E-state index in [0.717, 1.165) is 5.69 Å². The van der Waals surface area contributed by atoms with Gasteiger partial charge in [-0.05, 0) is 36.4 Å². The summed E-state index contributed by atoms with van der Waals surface area (Å²) >= 11 is 0. The van der Waals surface area contributed by atoms with Crippen molar-refractivity contribution in [2.24, 2.45) is 0 Å². The molecule has 3 aromatic rings. The number of hydrogen-bond donors (Lipinski definition) is 2. The summed E-state index contributed by atoms with van der Waals surface area (Å²) < 4.78 is 24.0. The quantitative estimate of drug-likeness (QED) is 0.608. The van der Waals surface area contributed by atoms with E-state index in [-0.39, 0.29) is 17.5 Å². The van der Waals surface area contributed by atoms with Gasteiger partial charge in [-0.3, -0.25) is 9.59 Å². The minimum atomic E-state index is -1.09. The van der Waals surface area contributed by atoms with Crippen molar-refractivity contribution in [3.05, 3.63) is 60.1 Å². The summed E-state index contributed by atoms with van der Waals surface area (Å²) in [7, 11) is 1.51. The number of halogens is 1. The zero-order valence-corrected chi connectivity index (χ0v) is 17.6. The topological polar surface area (TPSA) is 95.2 Å². The van der Waals surface area contributed by atoms with Gasteiger partial charge < -0.3 is 29.4 Å². The van der Waals surface area contributed by atoms with E-state index in [1.165, 1.54) is 19.2 Å². The molecular formula is C23H24FN3O5. The highest BCUT2D eigenvalue weighted by Gasteiger charge is 2.29. The fourth-order valence-electron chi connectivity index (χ4n) is 3.78. The van der Waals surface area contributed by atoms with Gasteiger partial charge in [-0.1, -0.05) is 12.1 Å². The first kappa shape index (κ1) is 21.6. The Morgan fingerprint density at radius 2 is 1.88 bits per heavy atom. The maximum atomic E-state index is 13.1. The van der Waals surface area contributed by atoms with Crippen LogP contribution in [-0.4, -0.2) is 67.8 Å². The van der Waals surface area contributed by atoms with E-state index in [0.29, 0.717) is 42.9 Å². The van der Waals surface area contributed by atoms with Crippen LogP contribution in [0.25, 0.3) is 11.0 Å². The van der Waals surface area contributed by atoms with Crippen LogP contribution < -0.4 is 15.0 Å². The van der Waals surface area contributed by atoms with E-state index in [1.54, 1.807) is 41.3 Å². The van der Waals surface area contributed by atoms with Gasteiger partial charge in [-0.15, -0.1) is 0 Å². The molecule has 9 heteroatoms. The van der Waals surface area contributed by atoms with Crippen LogP contribution in [0.15, 0.2) is 52.9 Å². The van der Waals surface area contributed by atoms with Crippen LogP contribution in [0.2, 0.25) is 0 Å². The molecule has 0 spiro atoms. The highest BCUT2D eigenvalue weighted by atomic mass is 19.1. The molecule has 4 rings (SSSR count). The Labute approximate surface area is 184 Å². The lowest BCUT2D eigenvalue weighted by molar-refractivity contribution is -0.134. The molecule has 1 fully saturated rings. The van der Waals surface area contributed by atoms with E-state index in [4.69, 9.17) is 9.15 Å². The van der Waals surface area contributed by atoms with Gasteiger partial charge in [-0.25, -0.2) is 4.39 Å². The number of piperazine rings is 1. The number of para-hydroxylation sites is 1. The Hall–Kier alpha value is -3.59. The number of nitrogens with zero attached hydrogens (tertiary/aromatic N) is 2. The van der Waals surface area contributed by atoms with Crippen LogP contribution >= 0.6 is 0 Å². The summed E-state index contributed by atoms with van der Waals surface area (Å²) in [5.74, 6) is -0.742. The van der Waals surface area contributed by atoms with Gasteiger partial charge >= 0.3 is 0 Å². The second kappa shape index (κ2) is 9.27. The smallest absolute Gasteiger partial charge is 0.287 e. The average molecular weight is 441 g/mol. The molecule has 0 bridgehead atoms. The SMILES string of the molecule is COc1cccc2cc(C(=O)N[C@@H](CO)C(=O)N3CCN(c4ccc(F)cc4)CC3)oc12. The summed E-state index contributed by atoms with van der Waals surface area (Å²) in [4.78, 5) is 29.2. The van der Waals surface area contributed by atoms with Gasteiger partial charge in [0.05, 0.1) is 13.7 Å². The lowest BCUT2D eigenvalue weighted by atomic mass is 10.2. The molecule has 0 saturated carbocycles. The van der Waals surface area contributed by atoms with Crippen molar-refractivity contribution in [1.82, 2.24) is 10.2 Å². The number of anilines is 1. The number of rotatable bonds is 6. The van der Waals surface area contributed by atoms with E-state index in [1.807, 2.05) is 0 Å². The number of hydrogen-bond acceptors (Lipinski definition) is 6. The molecule has 32 heavy (non-hydrogen) atoms. The summed E-state index contributed by atoms with van der Waals surface area (Å²) in [6, 6.07) is 12.0. The molecule has 1 aromatic heterocycles. The molecule has 1 aliphatic heterocycles. The van der Waals surface area contributed by atoms with E-state index >= 15 is 0 Å². The molecule has 168 valence electrons. The van der Waals surface area contributed by atoms with Crippen LogP contribution in [0, 0.1) is 5.82 Å². The molecule has 1 atom stereocenters. The van der Waals surface area contributed by atoms with Crippen molar-refractivity contribution in [3.63, 3.8) is 0 Å². The van der Waals surface area contributed by atoms with Crippen molar-refractivity contribution in [2.75, 3.05) is 44.8 Å². The second-order valence-electron chi connectivity index (χ2n) is 7.49. The largest absolute Gasteiger partial charge is 0.493 e. The maximum absolute atomic E-state index is 13.1. The van der Waals surface area contributed by atoms with Crippen LogP contribution in [-0.2, 0) is 4.79 Å². The number of benzene rings is 2. The van der Waals surface area contributed by atoms with Gasteiger partial charge in [0.1, 0.15) is 11.9 Å². The number of aliphatic hydroxyl groups is 1. The number of methoxy groups -OCH3 is 1. The molecule has 2 N–H and O–H groups in total. The zero-order chi connectivity index (χ0) is 22.7. The highest BCUT2D eigenvalue weighted by Crippen LogP contribution is 2.28.